The molecule has 1 saturated heterocycles. The van der Waals surface area contributed by atoms with Gasteiger partial charge in [-0.3, -0.25) is 4.68 Å². The van der Waals surface area contributed by atoms with E-state index >= 15 is 0 Å². The van der Waals surface area contributed by atoms with Gasteiger partial charge in [0.05, 0.1) is 28.8 Å². The number of anilines is 1. The highest BCUT2D eigenvalue weighted by Crippen LogP contribution is 2.37. The Bertz CT molecular complexity index is 1270. The molecule has 0 radical (unpaired) electrons. The van der Waals surface area contributed by atoms with Crippen molar-refractivity contribution in [1.29, 1.82) is 0 Å². The second-order valence-electron chi connectivity index (χ2n) is 12.0. The van der Waals surface area contributed by atoms with Crippen molar-refractivity contribution in [2.75, 3.05) is 11.9 Å². The number of aromatic nitrogens is 3. The van der Waals surface area contributed by atoms with Crippen molar-refractivity contribution in [1.82, 2.24) is 30.3 Å². The van der Waals surface area contributed by atoms with Crippen LogP contribution in [0.4, 0.5) is 27.8 Å². The molecule has 1 saturated carbocycles. The zero-order chi connectivity index (χ0) is 32.2. The van der Waals surface area contributed by atoms with Crippen molar-refractivity contribution in [3.05, 3.63) is 73.1 Å². The molecule has 0 aromatic carbocycles. The van der Waals surface area contributed by atoms with E-state index in [1.165, 1.54) is 0 Å². The standard InChI is InChI=1S/C25H34F3N7.C6H10F2/c1-15(2)35-21(10-12-30-35)18(5)31-16(3)17(4)32-23-13-20(9-11-29-23)24(7,8)34-14-22(25(26,27)28)33-19(34)6;7-6(8)4-2-1-3-5-6/h9-13,15-16,22,31,33H,4-6,14H2,1-3,7-8H3,(H,29,32);1-5H2. The molecule has 2 aromatic heterocycles. The van der Waals surface area contributed by atoms with Gasteiger partial charge in [-0.15, -0.1) is 0 Å². The summed E-state index contributed by atoms with van der Waals surface area (Å²) in [7, 11) is 0. The third-order valence-corrected chi connectivity index (χ3v) is 7.82. The van der Waals surface area contributed by atoms with Crippen molar-refractivity contribution < 1.29 is 22.0 Å². The number of pyridine rings is 1. The summed E-state index contributed by atoms with van der Waals surface area (Å²) in [5, 5.41) is 13.3. The van der Waals surface area contributed by atoms with Crippen LogP contribution >= 0.6 is 0 Å². The lowest BCUT2D eigenvalue weighted by Gasteiger charge is -2.37. The smallest absolute Gasteiger partial charge is 0.376 e. The van der Waals surface area contributed by atoms with Crippen LogP contribution in [-0.2, 0) is 5.54 Å². The average Bonchev–Trinajstić information content (AvgIpc) is 3.57. The molecule has 2 aliphatic rings. The van der Waals surface area contributed by atoms with Crippen LogP contribution in [0.3, 0.4) is 0 Å². The SMILES string of the molecule is C=C(NC(C)C(=C)Nc1cc(C(C)(C)N2CC(C(F)(F)F)NC2=C)ccn1)c1ccnn1C(C)C.FC1(F)CCCCC1. The fourth-order valence-electron chi connectivity index (χ4n) is 5.13. The van der Waals surface area contributed by atoms with Gasteiger partial charge in [-0.1, -0.05) is 26.2 Å². The maximum Gasteiger partial charge on any atom is 0.410 e. The normalized spacial score (nSPS) is 19.3. The molecule has 4 rings (SSSR count). The summed E-state index contributed by atoms with van der Waals surface area (Å²) in [6, 6.07) is 3.86. The van der Waals surface area contributed by atoms with Crippen LogP contribution in [0.5, 0.6) is 0 Å². The molecule has 2 atom stereocenters. The zero-order valence-corrected chi connectivity index (χ0v) is 25.7. The summed E-state index contributed by atoms with van der Waals surface area (Å²) in [5.41, 5.74) is 2.30. The molecule has 1 aliphatic heterocycles. The first kappa shape index (κ1) is 33.9. The lowest BCUT2D eigenvalue weighted by Crippen LogP contribution is -2.42. The quantitative estimate of drug-likeness (QED) is 0.255. The zero-order valence-electron chi connectivity index (χ0n) is 25.7. The fraction of sp³-hybridized carbons (Fsp3) is 0.548. The number of nitrogens with one attached hydrogen (secondary N) is 3. The predicted octanol–water partition coefficient (Wildman–Crippen LogP) is 7.56. The highest BCUT2D eigenvalue weighted by Gasteiger charge is 2.48. The monoisotopic (exact) mass is 609 g/mol. The van der Waals surface area contributed by atoms with Gasteiger partial charge in [0.15, 0.2) is 0 Å². The maximum atomic E-state index is 13.2. The summed E-state index contributed by atoms with van der Waals surface area (Å²) in [5.74, 6) is -1.54. The highest BCUT2D eigenvalue weighted by atomic mass is 19.4. The molecule has 0 spiro atoms. The van der Waals surface area contributed by atoms with Gasteiger partial charge in [0.25, 0.3) is 0 Å². The highest BCUT2D eigenvalue weighted by molar-refractivity contribution is 5.59. The predicted molar refractivity (Wildman–Crippen MR) is 161 cm³/mol. The Morgan fingerprint density at radius 2 is 1.72 bits per heavy atom. The van der Waals surface area contributed by atoms with Gasteiger partial charge in [0.1, 0.15) is 11.9 Å². The third kappa shape index (κ3) is 8.73. The van der Waals surface area contributed by atoms with E-state index in [1.807, 2.05) is 51.4 Å². The number of rotatable bonds is 9. The molecule has 0 amide bonds. The van der Waals surface area contributed by atoms with Gasteiger partial charge >= 0.3 is 6.18 Å². The number of nitrogens with zero attached hydrogens (tertiary/aromatic N) is 4. The first-order chi connectivity index (χ1) is 19.9. The topological polar surface area (TPSA) is 70.0 Å². The third-order valence-electron chi connectivity index (χ3n) is 7.82. The van der Waals surface area contributed by atoms with E-state index in [9.17, 15) is 22.0 Å². The van der Waals surface area contributed by atoms with Crippen LogP contribution in [-0.4, -0.2) is 50.4 Å². The Hall–Kier alpha value is -3.57. The largest absolute Gasteiger partial charge is 0.410 e. The van der Waals surface area contributed by atoms with E-state index in [0.717, 1.165) is 17.7 Å². The molecular formula is C31H44F5N7. The Morgan fingerprint density at radius 1 is 1.07 bits per heavy atom. The van der Waals surface area contributed by atoms with Crippen molar-refractivity contribution in [2.24, 2.45) is 0 Å². The summed E-state index contributed by atoms with van der Waals surface area (Å²) in [6.07, 6.45) is 1.67. The van der Waals surface area contributed by atoms with Crippen LogP contribution in [0.25, 0.3) is 5.70 Å². The second kappa shape index (κ2) is 13.4. The molecule has 3 N–H and O–H groups in total. The number of hydrogen-bond acceptors (Lipinski definition) is 6. The lowest BCUT2D eigenvalue weighted by molar-refractivity contribution is -0.150. The van der Waals surface area contributed by atoms with Crippen LogP contribution < -0.4 is 16.0 Å². The van der Waals surface area contributed by atoms with E-state index in [0.29, 0.717) is 30.1 Å². The molecule has 12 heteroatoms. The molecule has 7 nitrogen and oxygen atoms in total. The molecule has 43 heavy (non-hydrogen) atoms. The lowest BCUT2D eigenvalue weighted by atomic mass is 9.93. The molecule has 3 heterocycles. The van der Waals surface area contributed by atoms with Crippen LogP contribution in [0.1, 0.15) is 84.0 Å². The second-order valence-corrected chi connectivity index (χ2v) is 12.0. The van der Waals surface area contributed by atoms with Crippen LogP contribution in [0, 0.1) is 0 Å². The fourth-order valence-corrected chi connectivity index (χ4v) is 5.13. The average molecular weight is 610 g/mol. The van der Waals surface area contributed by atoms with Crippen molar-refractivity contribution >= 4 is 11.5 Å². The molecule has 238 valence electrons. The van der Waals surface area contributed by atoms with Gasteiger partial charge in [0.2, 0.25) is 5.92 Å². The van der Waals surface area contributed by atoms with Crippen molar-refractivity contribution in [2.45, 2.75) is 102 Å². The van der Waals surface area contributed by atoms with Crippen molar-refractivity contribution in [3.63, 3.8) is 0 Å². The van der Waals surface area contributed by atoms with Gasteiger partial charge in [-0.05, 0) is 71.2 Å². The summed E-state index contributed by atoms with van der Waals surface area (Å²) in [6.45, 7) is 21.6. The molecule has 2 aromatic rings. The van der Waals surface area contributed by atoms with Crippen molar-refractivity contribution in [3.8, 4) is 0 Å². The Kier molecular flexibility index (Phi) is 10.6. The van der Waals surface area contributed by atoms with E-state index in [-0.39, 0.29) is 37.3 Å². The summed E-state index contributed by atoms with van der Waals surface area (Å²) >= 11 is 0. The van der Waals surface area contributed by atoms with Gasteiger partial charge in [-0.25, -0.2) is 13.8 Å². The Labute approximate surface area is 251 Å². The first-order valence-corrected chi connectivity index (χ1v) is 14.5. The van der Waals surface area contributed by atoms with E-state index in [1.54, 1.807) is 23.4 Å². The molecule has 1 aliphatic carbocycles. The van der Waals surface area contributed by atoms with E-state index in [2.05, 4.69) is 45.8 Å². The Balaban J connectivity index is 0.000000546. The maximum absolute atomic E-state index is 13.2. The van der Waals surface area contributed by atoms with Gasteiger partial charge in [-0.2, -0.15) is 18.3 Å². The summed E-state index contributed by atoms with van der Waals surface area (Å²) in [4.78, 5) is 6.00. The number of hydrogen-bond donors (Lipinski definition) is 3. The number of halogens is 5. The number of alkyl halides is 5. The molecule has 2 fully saturated rings. The van der Waals surface area contributed by atoms with E-state index < -0.39 is 23.7 Å². The van der Waals surface area contributed by atoms with Crippen LogP contribution in [0.2, 0.25) is 0 Å². The van der Waals surface area contributed by atoms with Gasteiger partial charge < -0.3 is 20.9 Å². The first-order valence-electron chi connectivity index (χ1n) is 14.5. The molecule has 0 bridgehead atoms. The minimum atomic E-state index is -4.35. The van der Waals surface area contributed by atoms with Crippen LogP contribution in [0.15, 0.2) is 61.8 Å². The minimum Gasteiger partial charge on any atom is -0.376 e. The Morgan fingerprint density at radius 3 is 2.26 bits per heavy atom. The molecule has 2 unspecified atom stereocenters. The van der Waals surface area contributed by atoms with E-state index in [4.69, 9.17) is 0 Å². The molecular weight excluding hydrogens is 565 g/mol. The summed E-state index contributed by atoms with van der Waals surface area (Å²) < 4.78 is 66.0. The van der Waals surface area contributed by atoms with Gasteiger partial charge in [0, 0.05) is 43.5 Å². The minimum absolute atomic E-state index is 0.118.